The zero-order valence-corrected chi connectivity index (χ0v) is 65.8. The van der Waals surface area contributed by atoms with Gasteiger partial charge in [-0.3, -0.25) is 48.5 Å². The number of nitrogens with zero attached hydrogens (tertiary/aromatic N) is 13. The lowest BCUT2D eigenvalue weighted by atomic mass is 9.78. The van der Waals surface area contributed by atoms with Crippen LogP contribution in [0.4, 0.5) is 0 Å². The lowest BCUT2D eigenvalue weighted by Crippen LogP contribution is -2.30. The molecule has 0 atom stereocenters. The summed E-state index contributed by atoms with van der Waals surface area (Å²) >= 11 is 4.56. The number of hydrogen-bond donors (Lipinski definition) is 6. The molecule has 0 radical (unpaired) electrons. The van der Waals surface area contributed by atoms with Crippen molar-refractivity contribution in [3.8, 4) is 56.8 Å². The molecule has 25 heteroatoms. The van der Waals surface area contributed by atoms with Crippen molar-refractivity contribution in [3.63, 3.8) is 0 Å². The highest BCUT2D eigenvalue weighted by molar-refractivity contribution is 14.1. The molecular weight excluding hydrogens is 1640 g/mol. The monoisotopic (exact) mass is 1730 g/mol. The summed E-state index contributed by atoms with van der Waals surface area (Å²) < 4.78 is 7.93. The zero-order valence-electron chi connectivity index (χ0n) is 61.5. The Morgan fingerprint density at radius 3 is 1.30 bits per heavy atom. The Balaban J connectivity index is 0.000000117. The van der Waals surface area contributed by atoms with Crippen LogP contribution in [0.1, 0.15) is 124 Å². The van der Waals surface area contributed by atoms with Crippen LogP contribution < -0.4 is 5.46 Å². The van der Waals surface area contributed by atoms with Gasteiger partial charge in [0.15, 0.2) is 35.3 Å². The number of carbonyl (C=O) groups is 3. The van der Waals surface area contributed by atoms with Crippen molar-refractivity contribution in [2.75, 3.05) is 0 Å². The molecule has 22 nitrogen and oxygen atoms in total. The molecule has 4 aliphatic carbocycles. The average molecular weight is 1730 g/mol. The van der Waals surface area contributed by atoms with Crippen molar-refractivity contribution < 1.29 is 24.4 Å². The summed E-state index contributed by atoms with van der Waals surface area (Å²) in [6.07, 6.45) is 28.3. The average Bonchev–Trinajstić information content (AvgIpc) is 1.78. The molecule has 21 rings (SSSR count). The molecule has 1 saturated carbocycles. The maximum absolute atomic E-state index is 10.7. The molecule has 7 aromatic carbocycles. The first kappa shape index (κ1) is 78.4. The molecule has 6 N–H and O–H groups in total. The minimum Gasteiger partial charge on any atom is -0.423 e. The molecule has 0 unspecified atom stereocenters. The second kappa shape index (κ2) is 34.8. The van der Waals surface area contributed by atoms with E-state index in [9.17, 15) is 14.4 Å². The third-order valence-corrected chi connectivity index (χ3v) is 22.4. The quantitative estimate of drug-likeness (QED) is 0.0374. The number of H-pyrrole nitrogens is 4. The van der Waals surface area contributed by atoms with Gasteiger partial charge in [-0.05, 0) is 228 Å². The van der Waals surface area contributed by atoms with Gasteiger partial charge < -0.3 is 25.0 Å². The molecule has 4 aliphatic rings. The molecule has 113 heavy (non-hydrogen) atoms. The first-order chi connectivity index (χ1) is 54.2. The highest BCUT2D eigenvalue weighted by atomic mass is 127. The SMILES string of the molecule is C.C.Cn1nc(-c2nc3c([nH]2)CCCC3)c2cc(-c3cncc4ccccc34)ccc21.Cn1nc(-c2nc3c([nH]2)CCCC3)c2cc(I)ccc21.Cn1nc(C=O)c2cc(I)ccc21.O=C1CCCCC1=O.OB(O)c1cncc2ccccc12.c1ccc2c(-c3ccc4[nH]nc(-c5nc6c([nH]5)CCCC6)c4c3)cncc2c1. The van der Waals surface area contributed by atoms with Crippen LogP contribution in [0.25, 0.3) is 133 Å². The van der Waals surface area contributed by atoms with E-state index in [2.05, 4.69) is 193 Å². The van der Waals surface area contributed by atoms with Gasteiger partial charge in [0.25, 0.3) is 0 Å². The van der Waals surface area contributed by atoms with E-state index in [-0.39, 0.29) is 26.4 Å². The molecule has 10 heterocycles. The molecule has 0 spiro atoms. The number of halogens is 2. The van der Waals surface area contributed by atoms with Crippen molar-refractivity contribution in [1.82, 2.24) is 84.4 Å². The second-order valence-electron chi connectivity index (χ2n) is 28.3. The Bertz CT molecular complexity index is 6260. The molecular formula is C88H86BI2N17O5. The topological polar surface area (TPSA) is 299 Å². The number of Topliss-reactive ketones (excluding diaryl/α,β-unsaturated/α-hetero) is 2. The van der Waals surface area contributed by atoms with E-state index in [4.69, 9.17) is 30.1 Å². The summed E-state index contributed by atoms with van der Waals surface area (Å²) in [5.74, 6) is 2.33. The van der Waals surface area contributed by atoms with Gasteiger partial charge >= 0.3 is 7.12 Å². The van der Waals surface area contributed by atoms with Gasteiger partial charge in [-0.15, -0.1) is 0 Å². The number of fused-ring (bicyclic) bond motifs is 10. The molecule has 1 fully saturated rings. The number of imidazole rings is 3. The van der Waals surface area contributed by atoms with E-state index in [1.54, 1.807) is 10.9 Å². The first-order valence-corrected chi connectivity index (χ1v) is 39.6. The van der Waals surface area contributed by atoms with Crippen molar-refractivity contribution in [1.29, 1.82) is 0 Å². The Kier molecular flexibility index (Phi) is 24.1. The highest BCUT2D eigenvalue weighted by Crippen LogP contribution is 2.38. The smallest absolute Gasteiger partial charge is 0.423 e. The summed E-state index contributed by atoms with van der Waals surface area (Å²) in [4.78, 5) is 69.4. The third kappa shape index (κ3) is 16.7. The van der Waals surface area contributed by atoms with Crippen LogP contribution >= 0.6 is 45.2 Å². The van der Waals surface area contributed by atoms with Crippen LogP contribution in [0.15, 0.2) is 183 Å². The number of hydrogen-bond acceptors (Lipinski definition) is 15. The normalized spacial score (nSPS) is 13.5. The minimum atomic E-state index is -1.46. The number of carbonyl (C=O) groups excluding carboxylic acids is 3. The van der Waals surface area contributed by atoms with Gasteiger partial charge in [0.05, 0.1) is 39.1 Å². The Labute approximate surface area is 680 Å². The van der Waals surface area contributed by atoms with E-state index < -0.39 is 7.12 Å². The molecule has 17 aromatic rings. The van der Waals surface area contributed by atoms with Gasteiger partial charge in [-0.25, -0.2) is 15.0 Å². The largest absolute Gasteiger partial charge is 0.490 e. The lowest BCUT2D eigenvalue weighted by molar-refractivity contribution is -0.137. The molecule has 0 amide bonds. The zero-order chi connectivity index (χ0) is 76.2. The summed E-state index contributed by atoms with van der Waals surface area (Å²) in [6.45, 7) is 0. The minimum absolute atomic E-state index is 0. The lowest BCUT2D eigenvalue weighted by Gasteiger charge is -2.07. The summed E-state index contributed by atoms with van der Waals surface area (Å²) in [6, 6.07) is 49.5. The van der Waals surface area contributed by atoms with E-state index in [0.29, 0.717) is 24.0 Å². The molecule has 10 aromatic heterocycles. The second-order valence-corrected chi connectivity index (χ2v) is 30.8. The predicted octanol–water partition coefficient (Wildman–Crippen LogP) is 17.4. The van der Waals surface area contributed by atoms with Crippen LogP contribution in [0, 0.1) is 7.14 Å². The first-order valence-electron chi connectivity index (χ1n) is 37.5. The standard InChI is InChI=1S/C24H21N5.C23H19N5.C15H15IN4.C9H8BNO2.C9H7IN2O.C6H8O2.2CH4/c1-29-22-11-10-15(19-14-25-13-16-6-2-3-7-17(16)19)12-18(22)23(28-29)24-26-20-8-4-5-9-21(20)27-24;1-2-6-16-15(5-1)12-24-13-18(16)14-9-10-19-17(11-14)22(28-27-19)23-25-20-7-3-4-8-21(20)26-23;1-20-13-7-6-9(16)8-10(13)14(19-20)15-17-11-4-2-3-5-12(11)18-15;12-10(13)9-6-11-5-7-3-1-2-4-8(7)9;1-12-9-3-2-6(10)4-7(9)8(5-13)11-12;7-5-3-1-2-4-6(5)8;;/h2-3,6-7,10-14H,4-5,8-9H2,1H3,(H,26,27);1-2,5-6,9-13H,3-4,7-8H2,(H,25,26)(H,27,28);6-8H,2-5H2,1H3,(H,17,18);1-6,12-13H;2-5H,1H3;1-4H2;2*1H4. The maximum Gasteiger partial charge on any atom is 0.490 e. The molecule has 0 bridgehead atoms. The number of pyridine rings is 3. The fourth-order valence-corrected chi connectivity index (χ4v) is 16.3. The number of nitrogens with one attached hydrogen (secondary N) is 4. The summed E-state index contributed by atoms with van der Waals surface area (Å²) in [5, 5.41) is 50.1. The van der Waals surface area contributed by atoms with Crippen molar-refractivity contribution in [3.05, 3.63) is 230 Å². The van der Waals surface area contributed by atoms with Gasteiger partial charge in [0, 0.05) is 144 Å². The highest BCUT2D eigenvalue weighted by Gasteiger charge is 2.25. The molecule has 0 saturated heterocycles. The Morgan fingerprint density at radius 1 is 0.416 bits per heavy atom. The number of aryl methyl sites for hydroxylation is 9. The number of aromatic amines is 4. The van der Waals surface area contributed by atoms with Crippen molar-refractivity contribution in [2.45, 2.75) is 118 Å². The Morgan fingerprint density at radius 2 is 0.814 bits per heavy atom. The van der Waals surface area contributed by atoms with Gasteiger partial charge in [0.1, 0.15) is 22.8 Å². The van der Waals surface area contributed by atoms with E-state index in [0.717, 1.165) is 178 Å². The number of aromatic nitrogens is 17. The van der Waals surface area contributed by atoms with Crippen LogP contribution in [-0.2, 0) is 69.3 Å². The third-order valence-electron chi connectivity index (χ3n) is 21.0. The Hall–Kier alpha value is -11.3. The summed E-state index contributed by atoms with van der Waals surface area (Å²) in [7, 11) is 4.36. The number of aldehydes is 1. The number of ketones is 2. The molecule has 0 aliphatic heterocycles. The fourth-order valence-electron chi connectivity index (χ4n) is 15.3. The van der Waals surface area contributed by atoms with Crippen LogP contribution in [0.5, 0.6) is 0 Å². The van der Waals surface area contributed by atoms with Crippen molar-refractivity contribution in [2.24, 2.45) is 21.1 Å². The summed E-state index contributed by atoms with van der Waals surface area (Å²) in [5.41, 5.74) is 20.0. The van der Waals surface area contributed by atoms with Crippen LogP contribution in [0.2, 0.25) is 0 Å². The van der Waals surface area contributed by atoms with Crippen molar-refractivity contribution >= 4 is 152 Å². The predicted molar refractivity (Wildman–Crippen MR) is 467 cm³/mol. The van der Waals surface area contributed by atoms with E-state index in [1.165, 1.54) is 98.6 Å². The van der Waals surface area contributed by atoms with E-state index >= 15 is 0 Å². The fraction of sp³-hybridized carbons (Fsp3) is 0.239. The maximum atomic E-state index is 10.7. The number of benzene rings is 7. The van der Waals surface area contributed by atoms with Gasteiger partial charge in [0.2, 0.25) is 0 Å². The van der Waals surface area contributed by atoms with Crippen LogP contribution in [-0.4, -0.2) is 119 Å². The van der Waals surface area contributed by atoms with E-state index in [1.807, 2.05) is 104 Å². The van der Waals surface area contributed by atoms with Gasteiger partial charge in [-0.1, -0.05) is 99.8 Å². The number of rotatable bonds is 7. The molecule has 570 valence electrons. The van der Waals surface area contributed by atoms with Gasteiger partial charge in [-0.2, -0.15) is 20.4 Å². The van der Waals surface area contributed by atoms with Crippen LogP contribution in [0.3, 0.4) is 0 Å².